The average molecular weight is 155 g/mol. The Morgan fingerprint density at radius 3 is 2.73 bits per heavy atom. The Balaban J connectivity index is 2.00. The van der Waals surface area contributed by atoms with E-state index in [0.29, 0.717) is 12.1 Å². The summed E-state index contributed by atoms with van der Waals surface area (Å²) in [6.07, 6.45) is 1.86. The Hall–Kier alpha value is -0.0800. The number of rotatable bonds is 2. The van der Waals surface area contributed by atoms with Crippen LogP contribution in [0.2, 0.25) is 0 Å². The third-order valence-corrected chi connectivity index (χ3v) is 3.30. The predicted octanol–water partition coefficient (Wildman–Crippen LogP) is 0.971. The second kappa shape index (κ2) is 2.46. The molecule has 1 saturated carbocycles. The van der Waals surface area contributed by atoms with E-state index in [1.165, 1.54) is 13.0 Å². The molecule has 2 aliphatic rings. The topological polar surface area (TPSA) is 12.5 Å². The van der Waals surface area contributed by atoms with Crippen molar-refractivity contribution in [1.29, 1.82) is 0 Å². The lowest BCUT2D eigenvalue weighted by atomic mass is 10.1. The van der Waals surface area contributed by atoms with Crippen LogP contribution in [0.1, 0.15) is 13.3 Å². The predicted molar refractivity (Wildman–Crippen MR) is 44.5 cm³/mol. The molecular formula is C9H17NO. The zero-order chi connectivity index (χ0) is 8.01. The zero-order valence-corrected chi connectivity index (χ0v) is 7.58. The molecule has 1 saturated heterocycles. The molecule has 0 aromatic carbocycles. The molecule has 0 N–H and O–H groups in total. The van der Waals surface area contributed by atoms with E-state index in [1.54, 1.807) is 0 Å². The summed E-state index contributed by atoms with van der Waals surface area (Å²) < 4.78 is 5.36. The molecule has 0 amide bonds. The SMILES string of the molecule is COC(C)[C@@H]1[C@H]2CC2CN1C. The molecular weight excluding hydrogens is 138 g/mol. The summed E-state index contributed by atoms with van der Waals surface area (Å²) in [5, 5.41) is 0. The minimum Gasteiger partial charge on any atom is -0.380 e. The number of piperidine rings is 1. The van der Waals surface area contributed by atoms with Crippen molar-refractivity contribution in [1.82, 2.24) is 4.90 Å². The van der Waals surface area contributed by atoms with Gasteiger partial charge in [0, 0.05) is 19.7 Å². The largest absolute Gasteiger partial charge is 0.380 e. The fourth-order valence-corrected chi connectivity index (χ4v) is 2.56. The summed E-state index contributed by atoms with van der Waals surface area (Å²) in [6, 6.07) is 0.699. The second-order valence-electron chi connectivity index (χ2n) is 4.03. The lowest BCUT2D eigenvalue weighted by Gasteiger charge is -2.27. The van der Waals surface area contributed by atoms with Gasteiger partial charge in [-0.25, -0.2) is 0 Å². The maximum absolute atomic E-state index is 5.36. The number of hydrogen-bond donors (Lipinski definition) is 0. The van der Waals surface area contributed by atoms with E-state index in [0.717, 1.165) is 11.8 Å². The van der Waals surface area contributed by atoms with Crippen molar-refractivity contribution in [3.8, 4) is 0 Å². The van der Waals surface area contributed by atoms with Crippen molar-refractivity contribution in [2.75, 3.05) is 20.7 Å². The first-order chi connectivity index (χ1) is 5.24. The van der Waals surface area contributed by atoms with Crippen LogP contribution in [0.4, 0.5) is 0 Å². The molecule has 2 heteroatoms. The highest BCUT2D eigenvalue weighted by atomic mass is 16.5. The third kappa shape index (κ3) is 1.09. The number of likely N-dealkylation sites (N-methyl/N-ethyl adjacent to an activating group) is 1. The molecule has 2 fully saturated rings. The first-order valence-corrected chi connectivity index (χ1v) is 4.47. The Morgan fingerprint density at radius 1 is 1.55 bits per heavy atom. The molecule has 0 aromatic rings. The maximum atomic E-state index is 5.36. The smallest absolute Gasteiger partial charge is 0.0701 e. The van der Waals surface area contributed by atoms with Crippen molar-refractivity contribution in [2.24, 2.45) is 11.8 Å². The quantitative estimate of drug-likeness (QED) is 0.589. The normalized spacial score (nSPS) is 45.5. The Bertz CT molecular complexity index is 158. The summed E-state index contributed by atoms with van der Waals surface area (Å²) >= 11 is 0. The van der Waals surface area contributed by atoms with E-state index >= 15 is 0 Å². The summed E-state index contributed by atoms with van der Waals surface area (Å²) in [5.41, 5.74) is 0. The van der Waals surface area contributed by atoms with Gasteiger partial charge >= 0.3 is 0 Å². The van der Waals surface area contributed by atoms with Gasteiger partial charge in [-0.1, -0.05) is 0 Å². The molecule has 1 aliphatic heterocycles. The van der Waals surface area contributed by atoms with E-state index in [4.69, 9.17) is 4.74 Å². The van der Waals surface area contributed by atoms with Crippen molar-refractivity contribution in [3.05, 3.63) is 0 Å². The molecule has 64 valence electrons. The summed E-state index contributed by atoms with van der Waals surface area (Å²) in [7, 11) is 4.03. The van der Waals surface area contributed by atoms with Gasteiger partial charge in [0.05, 0.1) is 6.10 Å². The van der Waals surface area contributed by atoms with E-state index in [-0.39, 0.29) is 0 Å². The minimum atomic E-state index is 0.414. The van der Waals surface area contributed by atoms with Gasteiger partial charge in [0.2, 0.25) is 0 Å². The van der Waals surface area contributed by atoms with Crippen LogP contribution >= 0.6 is 0 Å². The number of ether oxygens (including phenoxy) is 1. The van der Waals surface area contributed by atoms with Crippen LogP contribution < -0.4 is 0 Å². The molecule has 2 rings (SSSR count). The minimum absolute atomic E-state index is 0.414. The molecule has 1 aliphatic carbocycles. The van der Waals surface area contributed by atoms with Gasteiger partial charge in [-0.15, -0.1) is 0 Å². The highest BCUT2D eigenvalue weighted by Crippen LogP contribution is 2.50. The first kappa shape index (κ1) is 7.56. The number of hydrogen-bond acceptors (Lipinski definition) is 2. The van der Waals surface area contributed by atoms with Gasteiger partial charge in [0.1, 0.15) is 0 Å². The van der Waals surface area contributed by atoms with Crippen molar-refractivity contribution < 1.29 is 4.74 Å². The Kier molecular flexibility index (Phi) is 1.69. The van der Waals surface area contributed by atoms with Crippen LogP contribution in [0.25, 0.3) is 0 Å². The molecule has 0 radical (unpaired) electrons. The van der Waals surface area contributed by atoms with Crippen LogP contribution in [0.5, 0.6) is 0 Å². The number of methoxy groups -OCH3 is 1. The van der Waals surface area contributed by atoms with E-state index < -0.39 is 0 Å². The molecule has 0 spiro atoms. The molecule has 2 nitrogen and oxygen atoms in total. The van der Waals surface area contributed by atoms with E-state index in [2.05, 4.69) is 18.9 Å². The Morgan fingerprint density at radius 2 is 2.27 bits per heavy atom. The van der Waals surface area contributed by atoms with Gasteiger partial charge in [-0.3, -0.25) is 0 Å². The third-order valence-electron chi connectivity index (χ3n) is 3.30. The molecule has 0 bridgehead atoms. The maximum Gasteiger partial charge on any atom is 0.0701 e. The molecule has 0 aromatic heterocycles. The van der Waals surface area contributed by atoms with Gasteiger partial charge in [-0.05, 0) is 32.2 Å². The molecule has 4 atom stereocenters. The zero-order valence-electron chi connectivity index (χ0n) is 7.58. The highest BCUT2D eigenvalue weighted by Gasteiger charge is 2.52. The average Bonchev–Trinajstić information content (AvgIpc) is 2.63. The fraction of sp³-hybridized carbons (Fsp3) is 1.00. The lowest BCUT2D eigenvalue weighted by Crippen LogP contribution is -2.38. The van der Waals surface area contributed by atoms with Crippen molar-refractivity contribution in [3.63, 3.8) is 0 Å². The van der Waals surface area contributed by atoms with Crippen LogP contribution in [0.3, 0.4) is 0 Å². The lowest BCUT2D eigenvalue weighted by molar-refractivity contribution is 0.0415. The van der Waals surface area contributed by atoms with Crippen LogP contribution in [-0.2, 0) is 4.74 Å². The summed E-state index contributed by atoms with van der Waals surface area (Å²) in [6.45, 7) is 3.48. The van der Waals surface area contributed by atoms with Gasteiger partial charge in [0.25, 0.3) is 0 Å². The number of nitrogens with zero attached hydrogens (tertiary/aromatic N) is 1. The van der Waals surface area contributed by atoms with Gasteiger partial charge in [0.15, 0.2) is 0 Å². The molecule has 1 heterocycles. The van der Waals surface area contributed by atoms with Crippen molar-refractivity contribution in [2.45, 2.75) is 25.5 Å². The fourth-order valence-electron chi connectivity index (χ4n) is 2.56. The highest BCUT2D eigenvalue weighted by molar-refractivity contribution is 5.05. The van der Waals surface area contributed by atoms with Gasteiger partial charge in [-0.2, -0.15) is 0 Å². The van der Waals surface area contributed by atoms with Crippen molar-refractivity contribution >= 4 is 0 Å². The van der Waals surface area contributed by atoms with Crippen LogP contribution in [-0.4, -0.2) is 37.7 Å². The van der Waals surface area contributed by atoms with Crippen LogP contribution in [0.15, 0.2) is 0 Å². The first-order valence-electron chi connectivity index (χ1n) is 4.47. The van der Waals surface area contributed by atoms with Crippen LogP contribution in [0, 0.1) is 11.8 Å². The number of fused-ring (bicyclic) bond motifs is 1. The Labute approximate surface area is 68.5 Å². The standard InChI is InChI=1S/C9H17NO/c1-6(11-3)9-8-4-7(8)5-10(9)2/h6-9H,4-5H2,1-3H3/t6?,7?,8-,9+/m0/s1. The summed E-state index contributed by atoms with van der Waals surface area (Å²) in [5.74, 6) is 1.96. The monoisotopic (exact) mass is 155 g/mol. The van der Waals surface area contributed by atoms with E-state index in [1.807, 2.05) is 7.11 Å². The van der Waals surface area contributed by atoms with E-state index in [9.17, 15) is 0 Å². The second-order valence-corrected chi connectivity index (χ2v) is 4.03. The molecule has 11 heavy (non-hydrogen) atoms. The van der Waals surface area contributed by atoms with Gasteiger partial charge < -0.3 is 9.64 Å². The summed E-state index contributed by atoms with van der Waals surface area (Å²) in [4.78, 5) is 2.45. The molecule has 2 unspecified atom stereocenters. The number of likely N-dealkylation sites (tertiary alicyclic amines) is 1.